The van der Waals surface area contributed by atoms with Crippen LogP contribution >= 0.6 is 11.6 Å². The van der Waals surface area contributed by atoms with E-state index < -0.39 is 10.0 Å². The topological polar surface area (TPSA) is 85.8 Å². The summed E-state index contributed by atoms with van der Waals surface area (Å²) in [4.78, 5) is 6.64. The van der Waals surface area contributed by atoms with Crippen LogP contribution in [-0.2, 0) is 16.6 Å². The van der Waals surface area contributed by atoms with E-state index in [0.29, 0.717) is 25.1 Å². The Morgan fingerprint density at radius 2 is 1.88 bits per heavy atom. The number of halogens is 1. The van der Waals surface area contributed by atoms with Crippen molar-refractivity contribution < 1.29 is 8.42 Å². The summed E-state index contributed by atoms with van der Waals surface area (Å²) in [7, 11) is -1.44. The first-order valence-electron chi connectivity index (χ1n) is 8.74. The molecule has 3 N–H and O–H groups in total. The minimum absolute atomic E-state index is 0.332. The first-order chi connectivity index (χ1) is 12.4. The number of aliphatic imine (C=N–C) groups is 1. The molecule has 26 heavy (non-hydrogen) atoms. The minimum atomic E-state index is -3.15. The zero-order chi connectivity index (χ0) is 19.0. The molecule has 2 rings (SSSR count). The second kappa shape index (κ2) is 10.1. The van der Waals surface area contributed by atoms with Crippen molar-refractivity contribution in [3.8, 4) is 0 Å². The van der Waals surface area contributed by atoms with Gasteiger partial charge in [0.1, 0.15) is 0 Å². The van der Waals surface area contributed by atoms with Crippen LogP contribution in [0.5, 0.6) is 0 Å². The molecule has 0 aliphatic carbocycles. The number of nitrogens with zero attached hydrogens (tertiary/aromatic N) is 2. The molecule has 1 aliphatic heterocycles. The summed E-state index contributed by atoms with van der Waals surface area (Å²) in [6.07, 6.45) is 3.23. The average molecular weight is 402 g/mol. The lowest BCUT2D eigenvalue weighted by atomic mass is 10.0. The van der Waals surface area contributed by atoms with Crippen molar-refractivity contribution in [1.29, 1.82) is 0 Å². The minimum Gasteiger partial charge on any atom is -0.355 e. The predicted molar refractivity (Wildman–Crippen MR) is 107 cm³/mol. The van der Waals surface area contributed by atoms with Gasteiger partial charge in [0.2, 0.25) is 10.0 Å². The molecule has 0 saturated carbocycles. The molecule has 0 amide bonds. The Morgan fingerprint density at radius 1 is 1.23 bits per heavy atom. The fourth-order valence-electron chi connectivity index (χ4n) is 2.89. The van der Waals surface area contributed by atoms with Crippen LogP contribution < -0.4 is 15.4 Å². The molecule has 1 fully saturated rings. The summed E-state index contributed by atoms with van der Waals surface area (Å²) in [6.45, 7) is 3.80. The molecule has 146 valence electrons. The molecule has 9 heteroatoms. The van der Waals surface area contributed by atoms with Crippen LogP contribution in [0.25, 0.3) is 0 Å². The van der Waals surface area contributed by atoms with Crippen LogP contribution in [-0.4, -0.2) is 64.8 Å². The van der Waals surface area contributed by atoms with Gasteiger partial charge >= 0.3 is 0 Å². The normalized spacial score (nSPS) is 17.3. The van der Waals surface area contributed by atoms with Gasteiger partial charge in [-0.25, -0.2) is 13.1 Å². The van der Waals surface area contributed by atoms with Gasteiger partial charge in [0.25, 0.3) is 0 Å². The van der Waals surface area contributed by atoms with E-state index in [4.69, 9.17) is 11.6 Å². The first-order valence-corrected chi connectivity index (χ1v) is 11.0. The average Bonchev–Trinajstić information content (AvgIpc) is 2.60. The number of benzene rings is 1. The Labute approximate surface area is 161 Å². The maximum Gasteiger partial charge on any atom is 0.208 e. The van der Waals surface area contributed by atoms with Gasteiger partial charge in [-0.2, -0.15) is 0 Å². The van der Waals surface area contributed by atoms with Crippen molar-refractivity contribution in [2.75, 3.05) is 39.5 Å². The van der Waals surface area contributed by atoms with Crippen molar-refractivity contribution in [2.24, 2.45) is 4.99 Å². The van der Waals surface area contributed by atoms with Crippen molar-refractivity contribution in [2.45, 2.75) is 25.4 Å². The number of piperidine rings is 1. The van der Waals surface area contributed by atoms with Crippen LogP contribution in [0.2, 0.25) is 5.02 Å². The lowest BCUT2D eigenvalue weighted by Crippen LogP contribution is -2.49. The second-order valence-electron chi connectivity index (χ2n) is 6.49. The molecule has 1 heterocycles. The Morgan fingerprint density at radius 3 is 2.46 bits per heavy atom. The smallest absolute Gasteiger partial charge is 0.208 e. The zero-order valence-corrected chi connectivity index (χ0v) is 16.9. The fourth-order valence-corrected chi connectivity index (χ4v) is 3.49. The monoisotopic (exact) mass is 401 g/mol. The van der Waals surface area contributed by atoms with Gasteiger partial charge in [-0.1, -0.05) is 23.7 Å². The summed E-state index contributed by atoms with van der Waals surface area (Å²) < 4.78 is 24.5. The highest BCUT2D eigenvalue weighted by Gasteiger charge is 2.20. The van der Waals surface area contributed by atoms with Gasteiger partial charge in [-0.05, 0) is 30.5 Å². The molecule has 0 aromatic heterocycles. The molecule has 1 aromatic rings. The van der Waals surface area contributed by atoms with E-state index >= 15 is 0 Å². The zero-order valence-electron chi connectivity index (χ0n) is 15.3. The SMILES string of the molecule is CN=C(NCCNS(C)(=O)=O)NC1CCN(Cc2ccc(Cl)cc2)CC1. The molecular weight excluding hydrogens is 374 g/mol. The first kappa shape index (κ1) is 21.0. The number of sulfonamides is 1. The quantitative estimate of drug-likeness (QED) is 0.361. The van der Waals surface area contributed by atoms with Gasteiger partial charge in [0.05, 0.1) is 6.26 Å². The van der Waals surface area contributed by atoms with E-state index in [9.17, 15) is 8.42 Å². The number of hydrogen-bond acceptors (Lipinski definition) is 4. The summed E-state index contributed by atoms with van der Waals surface area (Å²) in [5, 5.41) is 7.31. The largest absolute Gasteiger partial charge is 0.355 e. The lowest BCUT2D eigenvalue weighted by Gasteiger charge is -2.33. The molecule has 1 aromatic carbocycles. The molecule has 1 saturated heterocycles. The van der Waals surface area contributed by atoms with Crippen molar-refractivity contribution in [1.82, 2.24) is 20.3 Å². The molecule has 0 atom stereocenters. The highest BCUT2D eigenvalue weighted by molar-refractivity contribution is 7.88. The van der Waals surface area contributed by atoms with Gasteiger partial charge in [0.15, 0.2) is 5.96 Å². The van der Waals surface area contributed by atoms with E-state index in [0.717, 1.165) is 43.8 Å². The van der Waals surface area contributed by atoms with Gasteiger partial charge in [-0.3, -0.25) is 9.89 Å². The van der Waals surface area contributed by atoms with Gasteiger partial charge in [-0.15, -0.1) is 0 Å². The van der Waals surface area contributed by atoms with E-state index in [1.54, 1.807) is 7.05 Å². The van der Waals surface area contributed by atoms with E-state index in [1.807, 2.05) is 12.1 Å². The third-order valence-electron chi connectivity index (χ3n) is 4.25. The van der Waals surface area contributed by atoms with Crippen LogP contribution in [0.4, 0.5) is 0 Å². The Bertz CT molecular complexity index is 686. The Hall–Kier alpha value is -1.35. The van der Waals surface area contributed by atoms with Crippen LogP contribution in [0.3, 0.4) is 0 Å². The van der Waals surface area contributed by atoms with Crippen molar-refractivity contribution in [3.05, 3.63) is 34.9 Å². The van der Waals surface area contributed by atoms with E-state index in [1.165, 1.54) is 5.56 Å². The third kappa shape index (κ3) is 7.90. The molecule has 1 aliphatic rings. The van der Waals surface area contributed by atoms with E-state index in [2.05, 4.69) is 37.4 Å². The highest BCUT2D eigenvalue weighted by Crippen LogP contribution is 2.15. The van der Waals surface area contributed by atoms with Crippen LogP contribution in [0.15, 0.2) is 29.3 Å². The lowest BCUT2D eigenvalue weighted by molar-refractivity contribution is 0.198. The molecule has 0 bridgehead atoms. The van der Waals surface area contributed by atoms with Crippen LogP contribution in [0, 0.1) is 0 Å². The third-order valence-corrected chi connectivity index (χ3v) is 5.23. The molecule has 0 spiro atoms. The number of nitrogens with one attached hydrogen (secondary N) is 3. The number of hydrogen-bond donors (Lipinski definition) is 3. The van der Waals surface area contributed by atoms with Crippen LogP contribution in [0.1, 0.15) is 18.4 Å². The predicted octanol–water partition coefficient (Wildman–Crippen LogP) is 1.02. The van der Waals surface area contributed by atoms with Crippen molar-refractivity contribution >= 4 is 27.6 Å². The summed E-state index contributed by atoms with van der Waals surface area (Å²) >= 11 is 5.93. The fraction of sp³-hybridized carbons (Fsp3) is 0.588. The molecule has 0 radical (unpaired) electrons. The Kier molecular flexibility index (Phi) is 8.15. The molecule has 0 unspecified atom stereocenters. The maximum absolute atomic E-state index is 11.0. The standard InChI is InChI=1S/C17H28ClN5O2S/c1-19-17(20-9-10-21-26(2,24)25)22-16-7-11-23(12-8-16)13-14-3-5-15(18)6-4-14/h3-6,16,21H,7-13H2,1-2H3,(H2,19,20,22). The molecule has 7 nitrogen and oxygen atoms in total. The number of guanidine groups is 1. The highest BCUT2D eigenvalue weighted by atomic mass is 35.5. The summed E-state index contributed by atoms with van der Waals surface area (Å²) in [6, 6.07) is 8.37. The van der Waals surface area contributed by atoms with Gasteiger partial charge in [0, 0.05) is 50.8 Å². The van der Waals surface area contributed by atoms with E-state index in [-0.39, 0.29) is 0 Å². The van der Waals surface area contributed by atoms with Crippen molar-refractivity contribution in [3.63, 3.8) is 0 Å². The summed E-state index contributed by atoms with van der Waals surface area (Å²) in [5.74, 6) is 0.705. The second-order valence-corrected chi connectivity index (χ2v) is 8.76. The number of likely N-dealkylation sites (tertiary alicyclic amines) is 1. The molecular formula is C17H28ClN5O2S. The Balaban J connectivity index is 1.68. The number of rotatable bonds is 7. The maximum atomic E-state index is 11.0. The van der Waals surface area contributed by atoms with Gasteiger partial charge < -0.3 is 10.6 Å². The summed E-state index contributed by atoms with van der Waals surface area (Å²) in [5.41, 5.74) is 1.27.